The van der Waals surface area contributed by atoms with Crippen LogP contribution < -0.4 is 0 Å². The number of rotatable bonds is 3. The monoisotopic (exact) mass is 281 g/mol. The fraction of sp³-hybridized carbons (Fsp3) is 0.125. The lowest BCUT2D eigenvalue weighted by Gasteiger charge is -2.02. The largest absolute Gasteiger partial charge is 0.237 e. The van der Waals surface area contributed by atoms with E-state index in [4.69, 9.17) is 0 Å². The molecule has 0 spiro atoms. The molecule has 0 amide bonds. The lowest BCUT2D eigenvalue weighted by Crippen LogP contribution is -2.00. The Morgan fingerprint density at radius 3 is 2.50 bits per heavy atom. The molecular formula is C16H15N3S. The molecule has 0 bridgehead atoms. The molecule has 3 aromatic rings. The van der Waals surface area contributed by atoms with Gasteiger partial charge < -0.3 is 0 Å². The average molecular weight is 281 g/mol. The van der Waals surface area contributed by atoms with E-state index in [0.29, 0.717) is 0 Å². The summed E-state index contributed by atoms with van der Waals surface area (Å²) in [5, 5.41) is 4.65. The number of hydrogen-bond acceptors (Lipinski definition) is 3. The van der Waals surface area contributed by atoms with E-state index in [2.05, 4.69) is 46.7 Å². The van der Waals surface area contributed by atoms with Crippen molar-refractivity contribution in [3.8, 4) is 17.1 Å². The predicted molar refractivity (Wildman–Crippen MR) is 83.3 cm³/mol. The molecule has 0 N–H and O–H groups in total. The normalized spacial score (nSPS) is 10.7. The summed E-state index contributed by atoms with van der Waals surface area (Å²) >= 11 is 1.74. The van der Waals surface area contributed by atoms with Crippen LogP contribution in [0.1, 0.15) is 5.69 Å². The fourth-order valence-corrected chi connectivity index (χ4v) is 2.50. The van der Waals surface area contributed by atoms with E-state index in [1.807, 2.05) is 29.8 Å². The van der Waals surface area contributed by atoms with Gasteiger partial charge in [0.05, 0.1) is 5.69 Å². The minimum atomic E-state index is 0.844. The van der Waals surface area contributed by atoms with E-state index in [-0.39, 0.29) is 0 Å². The van der Waals surface area contributed by atoms with Crippen molar-refractivity contribution in [2.24, 2.45) is 0 Å². The first-order valence-electron chi connectivity index (χ1n) is 6.40. The van der Waals surface area contributed by atoms with Crippen LogP contribution in [-0.2, 0) is 0 Å². The minimum Gasteiger partial charge on any atom is -0.237 e. The van der Waals surface area contributed by atoms with Gasteiger partial charge in [0.2, 0.25) is 0 Å². The second-order valence-corrected chi connectivity index (χ2v) is 5.38. The highest BCUT2D eigenvalue weighted by Gasteiger charge is 2.08. The van der Waals surface area contributed by atoms with Gasteiger partial charge in [0.25, 0.3) is 0 Å². The highest BCUT2D eigenvalue weighted by Crippen LogP contribution is 2.23. The Labute approximate surface area is 122 Å². The molecule has 20 heavy (non-hydrogen) atoms. The van der Waals surface area contributed by atoms with Crippen LogP contribution in [0.3, 0.4) is 0 Å². The van der Waals surface area contributed by atoms with Crippen molar-refractivity contribution >= 4 is 11.8 Å². The van der Waals surface area contributed by atoms with Crippen LogP contribution in [0.2, 0.25) is 0 Å². The molecule has 0 atom stereocenters. The molecular weight excluding hydrogens is 266 g/mol. The van der Waals surface area contributed by atoms with Gasteiger partial charge in [0.1, 0.15) is 0 Å². The molecule has 0 aliphatic carbocycles. The molecule has 0 aliphatic heterocycles. The van der Waals surface area contributed by atoms with Crippen LogP contribution in [0.5, 0.6) is 0 Å². The van der Waals surface area contributed by atoms with E-state index < -0.39 is 0 Å². The Bertz CT molecular complexity index is 702. The number of benzene rings is 1. The van der Waals surface area contributed by atoms with E-state index in [9.17, 15) is 0 Å². The summed E-state index contributed by atoms with van der Waals surface area (Å²) in [6.45, 7) is 2.04. The summed E-state index contributed by atoms with van der Waals surface area (Å²) in [4.78, 5) is 5.60. The van der Waals surface area contributed by atoms with Gasteiger partial charge in [-0.1, -0.05) is 18.2 Å². The third-order valence-corrected chi connectivity index (χ3v) is 3.88. The SMILES string of the molecule is CSc1ccc(-c2cc(C)n(-c3ccccn3)n2)cc1. The van der Waals surface area contributed by atoms with Gasteiger partial charge in [0, 0.05) is 22.3 Å². The molecule has 3 nitrogen and oxygen atoms in total. The zero-order valence-corrected chi connectivity index (χ0v) is 12.3. The molecule has 3 rings (SSSR count). The first kappa shape index (κ1) is 12.9. The van der Waals surface area contributed by atoms with Gasteiger partial charge in [-0.3, -0.25) is 0 Å². The van der Waals surface area contributed by atoms with E-state index in [1.165, 1.54) is 4.90 Å². The van der Waals surface area contributed by atoms with Crippen LogP contribution in [0.4, 0.5) is 0 Å². The lowest BCUT2D eigenvalue weighted by molar-refractivity contribution is 0.820. The van der Waals surface area contributed by atoms with Crippen LogP contribution in [0, 0.1) is 6.92 Å². The second kappa shape index (κ2) is 5.51. The van der Waals surface area contributed by atoms with Gasteiger partial charge in [-0.25, -0.2) is 9.67 Å². The molecule has 0 aliphatic rings. The Balaban J connectivity index is 2.00. The van der Waals surface area contributed by atoms with Gasteiger partial charge in [-0.2, -0.15) is 5.10 Å². The number of thioether (sulfide) groups is 1. The quantitative estimate of drug-likeness (QED) is 0.681. The number of aryl methyl sites for hydroxylation is 1. The van der Waals surface area contributed by atoms with Crippen molar-refractivity contribution in [3.63, 3.8) is 0 Å². The summed E-state index contributed by atoms with van der Waals surface area (Å²) in [6, 6.07) is 16.4. The molecule has 2 heterocycles. The van der Waals surface area contributed by atoms with Crippen LogP contribution in [-0.4, -0.2) is 21.0 Å². The van der Waals surface area contributed by atoms with Crippen LogP contribution >= 0.6 is 11.8 Å². The summed E-state index contributed by atoms with van der Waals surface area (Å²) in [5.74, 6) is 0.844. The minimum absolute atomic E-state index is 0.844. The average Bonchev–Trinajstić information content (AvgIpc) is 2.90. The maximum Gasteiger partial charge on any atom is 0.153 e. The molecule has 100 valence electrons. The molecule has 0 saturated carbocycles. The van der Waals surface area contributed by atoms with E-state index in [0.717, 1.165) is 22.8 Å². The predicted octanol–water partition coefficient (Wildman–Crippen LogP) is 3.96. The Kier molecular flexibility index (Phi) is 3.56. The van der Waals surface area contributed by atoms with Crippen molar-refractivity contribution in [3.05, 3.63) is 60.4 Å². The van der Waals surface area contributed by atoms with Gasteiger partial charge in [0.15, 0.2) is 5.82 Å². The smallest absolute Gasteiger partial charge is 0.153 e. The first-order chi connectivity index (χ1) is 9.78. The zero-order valence-electron chi connectivity index (χ0n) is 11.4. The topological polar surface area (TPSA) is 30.7 Å². The standard InChI is InChI=1S/C16H15N3S/c1-12-11-15(13-6-8-14(20-2)9-7-13)18-19(12)16-5-3-4-10-17-16/h3-11H,1-2H3. The number of hydrogen-bond donors (Lipinski definition) is 0. The highest BCUT2D eigenvalue weighted by atomic mass is 32.2. The van der Waals surface area contributed by atoms with Crippen molar-refractivity contribution in [2.45, 2.75) is 11.8 Å². The second-order valence-electron chi connectivity index (χ2n) is 4.50. The number of aromatic nitrogens is 3. The van der Waals surface area contributed by atoms with Gasteiger partial charge in [-0.15, -0.1) is 11.8 Å². The fourth-order valence-electron chi connectivity index (χ4n) is 2.09. The number of pyridine rings is 1. The van der Waals surface area contributed by atoms with E-state index >= 15 is 0 Å². The summed E-state index contributed by atoms with van der Waals surface area (Å²) in [7, 11) is 0. The summed E-state index contributed by atoms with van der Waals surface area (Å²) in [5.41, 5.74) is 3.18. The highest BCUT2D eigenvalue weighted by molar-refractivity contribution is 7.98. The van der Waals surface area contributed by atoms with Crippen molar-refractivity contribution in [2.75, 3.05) is 6.26 Å². The molecule has 0 saturated heterocycles. The van der Waals surface area contributed by atoms with Crippen molar-refractivity contribution < 1.29 is 0 Å². The Hall–Kier alpha value is -2.07. The van der Waals surface area contributed by atoms with Crippen LogP contribution in [0.15, 0.2) is 59.6 Å². The maximum absolute atomic E-state index is 4.65. The van der Waals surface area contributed by atoms with E-state index in [1.54, 1.807) is 18.0 Å². The maximum atomic E-state index is 4.65. The molecule has 2 aromatic heterocycles. The zero-order chi connectivity index (χ0) is 13.9. The lowest BCUT2D eigenvalue weighted by atomic mass is 10.1. The Morgan fingerprint density at radius 2 is 1.85 bits per heavy atom. The molecule has 0 fully saturated rings. The summed E-state index contributed by atoms with van der Waals surface area (Å²) < 4.78 is 1.87. The Morgan fingerprint density at radius 1 is 1.05 bits per heavy atom. The van der Waals surface area contributed by atoms with Gasteiger partial charge >= 0.3 is 0 Å². The third kappa shape index (κ3) is 2.47. The third-order valence-electron chi connectivity index (χ3n) is 3.14. The molecule has 0 radical (unpaired) electrons. The molecule has 4 heteroatoms. The molecule has 0 unspecified atom stereocenters. The first-order valence-corrected chi connectivity index (χ1v) is 7.63. The van der Waals surface area contributed by atoms with Crippen molar-refractivity contribution in [1.29, 1.82) is 0 Å². The summed E-state index contributed by atoms with van der Waals surface area (Å²) in [6.07, 6.45) is 3.86. The molecule has 1 aromatic carbocycles. The van der Waals surface area contributed by atoms with Gasteiger partial charge in [-0.05, 0) is 43.5 Å². The number of nitrogens with zero attached hydrogens (tertiary/aromatic N) is 3. The van der Waals surface area contributed by atoms with Crippen molar-refractivity contribution in [1.82, 2.24) is 14.8 Å². The van der Waals surface area contributed by atoms with Crippen LogP contribution in [0.25, 0.3) is 17.1 Å².